The maximum atomic E-state index is 12.3. The Bertz CT molecular complexity index is 400. The Kier molecular flexibility index (Phi) is 3.98. The van der Waals surface area contributed by atoms with Crippen LogP contribution >= 0.6 is 0 Å². The highest BCUT2D eigenvalue weighted by molar-refractivity contribution is 5.98. The summed E-state index contributed by atoms with van der Waals surface area (Å²) >= 11 is 0. The van der Waals surface area contributed by atoms with Gasteiger partial charge >= 0.3 is 0 Å². The molecule has 0 aliphatic heterocycles. The van der Waals surface area contributed by atoms with E-state index in [1.54, 1.807) is 0 Å². The van der Waals surface area contributed by atoms with Crippen molar-refractivity contribution in [3.63, 3.8) is 0 Å². The number of benzene rings is 1. The van der Waals surface area contributed by atoms with Crippen LogP contribution in [0.2, 0.25) is 0 Å². The average molecular weight is 230 g/mol. The van der Waals surface area contributed by atoms with Crippen LogP contribution in [0.1, 0.15) is 61.0 Å². The Labute approximate surface area is 104 Å². The summed E-state index contributed by atoms with van der Waals surface area (Å²) in [6.07, 6.45) is 6.72. The molecule has 1 heteroatoms. The van der Waals surface area contributed by atoms with Crippen LogP contribution in [0.3, 0.4) is 0 Å². The van der Waals surface area contributed by atoms with Crippen molar-refractivity contribution in [3.8, 4) is 0 Å². The van der Waals surface area contributed by atoms with E-state index in [9.17, 15) is 4.79 Å². The molecule has 17 heavy (non-hydrogen) atoms. The number of carbonyl (C=O) groups excluding carboxylic acids is 1. The molecular formula is C16H22O. The van der Waals surface area contributed by atoms with Crippen molar-refractivity contribution in [2.24, 2.45) is 5.92 Å². The highest BCUT2D eigenvalue weighted by Gasteiger charge is 2.23. The Morgan fingerprint density at radius 1 is 1.12 bits per heavy atom. The molecule has 0 unspecified atom stereocenters. The third-order valence-corrected chi connectivity index (χ3v) is 3.98. The Morgan fingerprint density at radius 3 is 2.35 bits per heavy atom. The number of carbonyl (C=O) groups is 1. The van der Waals surface area contributed by atoms with Gasteiger partial charge in [-0.3, -0.25) is 4.79 Å². The van der Waals surface area contributed by atoms with Gasteiger partial charge in [0.1, 0.15) is 0 Å². The monoisotopic (exact) mass is 230 g/mol. The first-order valence-electron chi connectivity index (χ1n) is 6.92. The second-order valence-corrected chi connectivity index (χ2v) is 5.04. The van der Waals surface area contributed by atoms with Crippen LogP contribution in [0.15, 0.2) is 18.2 Å². The Balaban J connectivity index is 2.23. The normalized spacial score (nSPS) is 16.4. The van der Waals surface area contributed by atoms with Crippen molar-refractivity contribution in [1.29, 1.82) is 0 Å². The van der Waals surface area contributed by atoms with Gasteiger partial charge in [-0.25, -0.2) is 0 Å². The van der Waals surface area contributed by atoms with Gasteiger partial charge in [-0.1, -0.05) is 38.8 Å². The van der Waals surface area contributed by atoms with Crippen molar-refractivity contribution in [2.75, 3.05) is 0 Å². The summed E-state index contributed by atoms with van der Waals surface area (Å²) < 4.78 is 0. The number of hydrogen-bond acceptors (Lipinski definition) is 1. The molecule has 92 valence electrons. The van der Waals surface area contributed by atoms with Gasteiger partial charge in [-0.05, 0) is 42.9 Å². The maximum absolute atomic E-state index is 12.3. The molecular weight excluding hydrogens is 208 g/mol. The first-order valence-corrected chi connectivity index (χ1v) is 6.92. The SMILES string of the molecule is CCc1ccc(C(=O)C2CCCC2)cc1CC. The van der Waals surface area contributed by atoms with Crippen LogP contribution in [0.4, 0.5) is 0 Å². The second kappa shape index (κ2) is 5.48. The molecule has 2 rings (SSSR count). The lowest BCUT2D eigenvalue weighted by Crippen LogP contribution is -2.11. The summed E-state index contributed by atoms with van der Waals surface area (Å²) in [6.45, 7) is 4.34. The van der Waals surface area contributed by atoms with Gasteiger partial charge in [-0.15, -0.1) is 0 Å². The summed E-state index contributed by atoms with van der Waals surface area (Å²) in [5.74, 6) is 0.673. The molecule has 0 radical (unpaired) electrons. The number of aryl methyl sites for hydroxylation is 2. The molecule has 0 amide bonds. The van der Waals surface area contributed by atoms with E-state index in [0.29, 0.717) is 11.7 Å². The fourth-order valence-electron chi connectivity index (χ4n) is 2.88. The molecule has 1 saturated carbocycles. The molecule has 0 spiro atoms. The van der Waals surface area contributed by atoms with Gasteiger partial charge in [-0.2, -0.15) is 0 Å². The van der Waals surface area contributed by atoms with Crippen molar-refractivity contribution < 1.29 is 4.79 Å². The molecule has 1 nitrogen and oxygen atoms in total. The summed E-state index contributed by atoms with van der Waals surface area (Å²) in [6, 6.07) is 6.29. The molecule has 0 atom stereocenters. The maximum Gasteiger partial charge on any atom is 0.165 e. The predicted molar refractivity (Wildman–Crippen MR) is 71.5 cm³/mol. The fraction of sp³-hybridized carbons (Fsp3) is 0.562. The number of rotatable bonds is 4. The van der Waals surface area contributed by atoms with Gasteiger partial charge in [0.05, 0.1) is 0 Å². The molecule has 1 aromatic rings. The number of Topliss-reactive ketones (excluding diaryl/α,β-unsaturated/α-hetero) is 1. The van der Waals surface area contributed by atoms with Crippen LogP contribution in [-0.2, 0) is 12.8 Å². The molecule has 0 saturated heterocycles. The van der Waals surface area contributed by atoms with E-state index in [2.05, 4.69) is 26.0 Å². The van der Waals surface area contributed by atoms with Gasteiger partial charge in [0.15, 0.2) is 5.78 Å². The lowest BCUT2D eigenvalue weighted by atomic mass is 9.92. The molecule has 1 aliphatic rings. The van der Waals surface area contributed by atoms with Crippen molar-refractivity contribution in [2.45, 2.75) is 52.4 Å². The van der Waals surface area contributed by atoms with E-state index in [-0.39, 0.29) is 0 Å². The smallest absolute Gasteiger partial charge is 0.165 e. The van der Waals surface area contributed by atoms with Crippen LogP contribution < -0.4 is 0 Å². The van der Waals surface area contributed by atoms with E-state index in [4.69, 9.17) is 0 Å². The fourth-order valence-corrected chi connectivity index (χ4v) is 2.88. The van der Waals surface area contributed by atoms with Crippen LogP contribution in [0, 0.1) is 5.92 Å². The summed E-state index contributed by atoms with van der Waals surface area (Å²) in [4.78, 5) is 12.3. The topological polar surface area (TPSA) is 17.1 Å². The van der Waals surface area contributed by atoms with Gasteiger partial charge in [0, 0.05) is 11.5 Å². The lowest BCUT2D eigenvalue weighted by molar-refractivity contribution is 0.0923. The van der Waals surface area contributed by atoms with Crippen LogP contribution in [-0.4, -0.2) is 5.78 Å². The summed E-state index contributed by atoms with van der Waals surface area (Å²) in [7, 11) is 0. The van der Waals surface area contributed by atoms with E-state index in [0.717, 1.165) is 31.2 Å². The highest BCUT2D eigenvalue weighted by atomic mass is 16.1. The molecule has 1 aromatic carbocycles. The summed E-state index contributed by atoms with van der Waals surface area (Å²) in [5.41, 5.74) is 3.66. The standard InChI is InChI=1S/C16H22O/c1-3-12-9-10-15(11-13(12)4-2)16(17)14-7-5-6-8-14/h9-11,14H,3-8H2,1-2H3. The highest BCUT2D eigenvalue weighted by Crippen LogP contribution is 2.28. The zero-order chi connectivity index (χ0) is 12.3. The molecule has 0 aromatic heterocycles. The first-order chi connectivity index (χ1) is 8.26. The van der Waals surface area contributed by atoms with E-state index < -0.39 is 0 Å². The van der Waals surface area contributed by atoms with Crippen molar-refractivity contribution in [1.82, 2.24) is 0 Å². The van der Waals surface area contributed by atoms with Crippen molar-refractivity contribution in [3.05, 3.63) is 34.9 Å². The van der Waals surface area contributed by atoms with E-state index in [1.165, 1.54) is 24.0 Å². The third-order valence-electron chi connectivity index (χ3n) is 3.98. The minimum atomic E-state index is 0.298. The van der Waals surface area contributed by atoms with Gasteiger partial charge < -0.3 is 0 Å². The second-order valence-electron chi connectivity index (χ2n) is 5.04. The lowest BCUT2D eigenvalue weighted by Gasteiger charge is -2.11. The zero-order valence-corrected chi connectivity index (χ0v) is 11.0. The molecule has 0 heterocycles. The summed E-state index contributed by atoms with van der Waals surface area (Å²) in [5, 5.41) is 0. The predicted octanol–water partition coefficient (Wildman–Crippen LogP) is 4.18. The first kappa shape index (κ1) is 12.3. The van der Waals surface area contributed by atoms with E-state index >= 15 is 0 Å². The number of ketones is 1. The van der Waals surface area contributed by atoms with Crippen LogP contribution in [0.25, 0.3) is 0 Å². The van der Waals surface area contributed by atoms with Crippen molar-refractivity contribution >= 4 is 5.78 Å². The average Bonchev–Trinajstić information content (AvgIpc) is 2.90. The van der Waals surface area contributed by atoms with Gasteiger partial charge in [0.2, 0.25) is 0 Å². The van der Waals surface area contributed by atoms with E-state index in [1.807, 2.05) is 6.07 Å². The quantitative estimate of drug-likeness (QED) is 0.709. The third kappa shape index (κ3) is 2.59. The molecule has 0 bridgehead atoms. The molecule has 0 N–H and O–H groups in total. The Hall–Kier alpha value is -1.11. The Morgan fingerprint density at radius 2 is 1.76 bits per heavy atom. The van der Waals surface area contributed by atoms with Gasteiger partial charge in [0.25, 0.3) is 0 Å². The minimum Gasteiger partial charge on any atom is -0.294 e. The molecule has 1 aliphatic carbocycles. The minimum absolute atomic E-state index is 0.298. The molecule has 1 fully saturated rings. The zero-order valence-electron chi connectivity index (χ0n) is 11.0. The number of hydrogen-bond donors (Lipinski definition) is 0. The largest absolute Gasteiger partial charge is 0.294 e. The van der Waals surface area contributed by atoms with Crippen LogP contribution in [0.5, 0.6) is 0 Å².